The maximum Gasteiger partial charge on any atom is 0.410 e. The largest absolute Gasteiger partial charge is 0.492 e. The Balaban J connectivity index is 1.40. The van der Waals surface area contributed by atoms with Crippen molar-refractivity contribution >= 4 is 33.6 Å². The monoisotopic (exact) mass is 496 g/mol. The molecule has 1 amide bonds. The van der Waals surface area contributed by atoms with E-state index in [1.807, 2.05) is 20.8 Å². The third-order valence-corrected chi connectivity index (χ3v) is 7.09. The minimum atomic E-state index is -0.505. The van der Waals surface area contributed by atoms with Crippen molar-refractivity contribution in [3.05, 3.63) is 60.4 Å². The van der Waals surface area contributed by atoms with E-state index in [1.165, 1.54) is 27.5 Å². The fourth-order valence-corrected chi connectivity index (χ4v) is 5.41. The lowest BCUT2D eigenvalue weighted by atomic mass is 9.89. The van der Waals surface area contributed by atoms with Crippen LogP contribution < -0.4 is 9.64 Å². The van der Waals surface area contributed by atoms with Crippen LogP contribution in [0.1, 0.15) is 32.8 Å². The Morgan fingerprint density at radius 1 is 0.973 bits per heavy atom. The molecule has 4 aromatic rings. The molecule has 1 aromatic heterocycles. The Morgan fingerprint density at radius 3 is 2.57 bits per heavy atom. The van der Waals surface area contributed by atoms with E-state index >= 15 is 0 Å². The van der Waals surface area contributed by atoms with Crippen molar-refractivity contribution < 1.29 is 14.3 Å². The summed E-state index contributed by atoms with van der Waals surface area (Å²) in [6, 6.07) is 17.2. The second-order valence-corrected chi connectivity index (χ2v) is 10.8. The zero-order valence-electron chi connectivity index (χ0n) is 21.7. The van der Waals surface area contributed by atoms with E-state index in [2.05, 4.69) is 53.4 Å². The lowest BCUT2D eigenvalue weighted by Crippen LogP contribution is -2.50. The number of amides is 1. The average Bonchev–Trinajstić information content (AvgIpc) is 2.91. The predicted molar refractivity (Wildman–Crippen MR) is 146 cm³/mol. The number of anilines is 1. The molecule has 0 bridgehead atoms. The van der Waals surface area contributed by atoms with E-state index in [0.29, 0.717) is 32.8 Å². The number of carbonyl (C=O) groups excluding carboxylic acids is 1. The van der Waals surface area contributed by atoms with Gasteiger partial charge in [0.25, 0.3) is 0 Å². The van der Waals surface area contributed by atoms with Crippen molar-refractivity contribution in [3.63, 3.8) is 0 Å². The first-order valence-electron chi connectivity index (χ1n) is 13.0. The summed E-state index contributed by atoms with van der Waals surface area (Å²) in [6.45, 7) is 8.87. The summed E-state index contributed by atoms with van der Waals surface area (Å²) in [4.78, 5) is 26.0. The molecule has 1 fully saturated rings. The van der Waals surface area contributed by atoms with E-state index in [4.69, 9.17) is 19.4 Å². The highest BCUT2D eigenvalue weighted by Crippen LogP contribution is 2.44. The summed E-state index contributed by atoms with van der Waals surface area (Å²) in [5.41, 5.74) is 3.97. The van der Waals surface area contributed by atoms with Gasteiger partial charge in [-0.25, -0.2) is 14.8 Å². The number of fused-ring (bicyclic) bond motifs is 4. The van der Waals surface area contributed by atoms with Gasteiger partial charge in [-0.15, -0.1) is 0 Å². The molecule has 3 heterocycles. The number of benzene rings is 3. The number of hydrogen-bond acceptors (Lipinski definition) is 6. The number of nitrogens with zero attached hydrogens (tertiary/aromatic N) is 4. The molecule has 0 N–H and O–H groups in total. The Morgan fingerprint density at radius 2 is 1.76 bits per heavy atom. The summed E-state index contributed by atoms with van der Waals surface area (Å²) in [6.07, 6.45) is 3.30. The van der Waals surface area contributed by atoms with Crippen LogP contribution in [0.2, 0.25) is 0 Å². The molecule has 0 unspecified atom stereocenters. The van der Waals surface area contributed by atoms with Gasteiger partial charge in [-0.2, -0.15) is 0 Å². The van der Waals surface area contributed by atoms with Gasteiger partial charge in [0, 0.05) is 31.7 Å². The van der Waals surface area contributed by atoms with Crippen LogP contribution in [-0.2, 0) is 11.2 Å². The minimum Gasteiger partial charge on any atom is -0.492 e. The molecule has 0 spiro atoms. The first-order chi connectivity index (χ1) is 17.9. The quantitative estimate of drug-likeness (QED) is 0.348. The SMILES string of the molecule is CC(C)(C)OC(=O)N1CCN(c2ncnc3cc(-c4cccc5ccccc45)c4c(c23)OCCC4)CC1. The molecule has 2 aliphatic rings. The van der Waals surface area contributed by atoms with E-state index in [1.54, 1.807) is 11.2 Å². The van der Waals surface area contributed by atoms with Crippen molar-refractivity contribution in [2.75, 3.05) is 37.7 Å². The number of aromatic nitrogens is 2. The number of ether oxygens (including phenoxy) is 2. The molecule has 1 saturated heterocycles. The van der Waals surface area contributed by atoms with Gasteiger partial charge in [-0.05, 0) is 61.6 Å². The van der Waals surface area contributed by atoms with Gasteiger partial charge in [-0.1, -0.05) is 42.5 Å². The summed E-state index contributed by atoms with van der Waals surface area (Å²) < 4.78 is 11.9. The number of piperazine rings is 1. The molecule has 0 saturated carbocycles. The topological polar surface area (TPSA) is 67.8 Å². The second-order valence-electron chi connectivity index (χ2n) is 10.8. The molecule has 37 heavy (non-hydrogen) atoms. The van der Waals surface area contributed by atoms with Gasteiger partial charge in [0.05, 0.1) is 17.5 Å². The molecule has 6 rings (SSSR count). The van der Waals surface area contributed by atoms with Crippen molar-refractivity contribution in [2.45, 2.75) is 39.2 Å². The Kier molecular flexibility index (Phi) is 5.86. The van der Waals surface area contributed by atoms with E-state index in [9.17, 15) is 4.79 Å². The van der Waals surface area contributed by atoms with Crippen LogP contribution in [0.15, 0.2) is 54.9 Å². The predicted octanol–water partition coefficient (Wildman–Crippen LogP) is 5.83. The highest BCUT2D eigenvalue weighted by atomic mass is 16.6. The van der Waals surface area contributed by atoms with Gasteiger partial charge in [0.2, 0.25) is 0 Å². The summed E-state index contributed by atoms with van der Waals surface area (Å²) in [5.74, 6) is 1.77. The standard InChI is InChI=1S/C30H32N4O3/c1-30(2,3)37-29(35)34-15-13-33(14-16-34)28-26-25(31-19-32-28)18-24(23-12-7-17-36-27(23)26)22-11-6-9-20-8-4-5-10-21(20)22/h4-6,8-11,18-19H,7,12-17H2,1-3H3. The molecule has 3 aromatic carbocycles. The third kappa shape index (κ3) is 4.43. The zero-order chi connectivity index (χ0) is 25.6. The zero-order valence-corrected chi connectivity index (χ0v) is 21.7. The molecule has 0 radical (unpaired) electrons. The molecule has 7 nitrogen and oxygen atoms in total. The highest BCUT2D eigenvalue weighted by molar-refractivity contribution is 6.04. The molecule has 0 aliphatic carbocycles. The lowest BCUT2D eigenvalue weighted by Gasteiger charge is -2.36. The highest BCUT2D eigenvalue weighted by Gasteiger charge is 2.29. The smallest absolute Gasteiger partial charge is 0.410 e. The van der Waals surface area contributed by atoms with E-state index in [-0.39, 0.29) is 6.09 Å². The van der Waals surface area contributed by atoms with Crippen LogP contribution in [0, 0.1) is 0 Å². The molecule has 7 heteroatoms. The fraction of sp³-hybridized carbons (Fsp3) is 0.367. The van der Waals surface area contributed by atoms with Crippen LogP contribution in [-0.4, -0.2) is 59.3 Å². The van der Waals surface area contributed by atoms with Gasteiger partial charge in [0.1, 0.15) is 23.5 Å². The van der Waals surface area contributed by atoms with Crippen molar-refractivity contribution in [2.24, 2.45) is 0 Å². The summed E-state index contributed by atoms with van der Waals surface area (Å²) >= 11 is 0. The van der Waals surface area contributed by atoms with Crippen molar-refractivity contribution in [3.8, 4) is 16.9 Å². The van der Waals surface area contributed by atoms with Crippen LogP contribution in [0.4, 0.5) is 10.6 Å². The molecular weight excluding hydrogens is 464 g/mol. The van der Waals surface area contributed by atoms with Crippen molar-refractivity contribution in [1.82, 2.24) is 14.9 Å². The number of rotatable bonds is 2. The van der Waals surface area contributed by atoms with Crippen molar-refractivity contribution in [1.29, 1.82) is 0 Å². The van der Waals surface area contributed by atoms with Crippen LogP contribution in [0.3, 0.4) is 0 Å². The third-order valence-electron chi connectivity index (χ3n) is 7.09. The second kappa shape index (κ2) is 9.21. The van der Waals surface area contributed by atoms with Crippen LogP contribution in [0.5, 0.6) is 5.75 Å². The first-order valence-corrected chi connectivity index (χ1v) is 13.0. The maximum absolute atomic E-state index is 12.6. The van der Waals surface area contributed by atoms with Gasteiger partial charge in [-0.3, -0.25) is 0 Å². The molecule has 190 valence electrons. The van der Waals surface area contributed by atoms with Crippen LogP contribution >= 0.6 is 0 Å². The molecule has 0 atom stereocenters. The Bertz CT molecular complexity index is 1480. The van der Waals surface area contributed by atoms with Gasteiger partial charge in [0.15, 0.2) is 0 Å². The summed E-state index contributed by atoms with van der Waals surface area (Å²) in [7, 11) is 0. The Labute approximate surface area is 217 Å². The van der Waals surface area contributed by atoms with Gasteiger partial charge >= 0.3 is 6.09 Å². The fourth-order valence-electron chi connectivity index (χ4n) is 5.41. The van der Waals surface area contributed by atoms with E-state index in [0.717, 1.165) is 35.3 Å². The maximum atomic E-state index is 12.6. The first kappa shape index (κ1) is 23.5. The number of carbonyl (C=O) groups is 1. The number of hydrogen-bond donors (Lipinski definition) is 0. The normalized spacial score (nSPS) is 16.0. The van der Waals surface area contributed by atoms with Gasteiger partial charge < -0.3 is 19.3 Å². The average molecular weight is 497 g/mol. The molecular formula is C30H32N4O3. The molecule has 2 aliphatic heterocycles. The summed E-state index contributed by atoms with van der Waals surface area (Å²) in [5, 5.41) is 3.41. The van der Waals surface area contributed by atoms with Crippen LogP contribution in [0.25, 0.3) is 32.8 Å². The lowest BCUT2D eigenvalue weighted by molar-refractivity contribution is 0.0240. The Hall–Kier alpha value is -3.87. The van der Waals surface area contributed by atoms with E-state index < -0.39 is 5.60 Å². The minimum absolute atomic E-state index is 0.264.